The van der Waals surface area contributed by atoms with Crippen molar-refractivity contribution >= 4 is 29.1 Å². The van der Waals surface area contributed by atoms with Gasteiger partial charge in [-0.05, 0) is 62.9 Å². The zero-order valence-corrected chi connectivity index (χ0v) is 19.6. The monoisotopic (exact) mass is 503 g/mol. The number of nitrogens with one attached hydrogen (secondary N) is 1. The van der Waals surface area contributed by atoms with Crippen LogP contribution in [0, 0.1) is 5.92 Å². The summed E-state index contributed by atoms with van der Waals surface area (Å²) in [6.07, 6.45) is -0.247. The quantitative estimate of drug-likeness (QED) is 0.533. The molecule has 3 rings (SSSR count). The molecule has 0 saturated carbocycles. The molecule has 0 spiro atoms. The van der Waals surface area contributed by atoms with Gasteiger partial charge in [-0.2, -0.15) is 13.2 Å². The first-order chi connectivity index (χ1) is 15.6. The van der Waals surface area contributed by atoms with Gasteiger partial charge < -0.3 is 15.3 Å². The molecule has 0 bridgehead atoms. The predicted molar refractivity (Wildman–Crippen MR) is 121 cm³/mol. The van der Waals surface area contributed by atoms with E-state index in [1.165, 1.54) is 24.5 Å². The molecule has 2 N–H and O–H groups in total. The molecular formula is C23H26Cl2F3N3O2. The number of hydrogen-bond acceptors (Lipinski definition) is 4. The number of amides is 1. The van der Waals surface area contributed by atoms with Crippen LogP contribution >= 0.6 is 23.2 Å². The molecule has 1 saturated heterocycles. The molecule has 2 unspecified atom stereocenters. The molecule has 1 aliphatic heterocycles. The smallest absolute Gasteiger partial charge is 0.388 e. The maximum Gasteiger partial charge on any atom is 0.416 e. The summed E-state index contributed by atoms with van der Waals surface area (Å²) in [4.78, 5) is 18.5. The summed E-state index contributed by atoms with van der Waals surface area (Å²) in [6.45, 7) is 4.05. The van der Waals surface area contributed by atoms with Gasteiger partial charge in [-0.25, -0.2) is 0 Å². The Morgan fingerprint density at radius 1 is 1.18 bits per heavy atom. The fraction of sp³-hybridized carbons (Fsp3) is 0.478. The van der Waals surface area contributed by atoms with E-state index in [0.29, 0.717) is 12.1 Å². The number of benzene rings is 1. The Bertz CT molecular complexity index is 929. The molecule has 5 nitrogen and oxygen atoms in total. The zero-order valence-electron chi connectivity index (χ0n) is 18.1. The Morgan fingerprint density at radius 2 is 1.76 bits per heavy atom. The number of nitrogens with zero attached hydrogens (tertiary/aromatic N) is 2. The number of carbonyl (C=O) groups excluding carboxylic acids is 1. The lowest BCUT2D eigenvalue weighted by Gasteiger charge is -2.37. The van der Waals surface area contributed by atoms with Crippen molar-refractivity contribution in [3.05, 3.63) is 63.4 Å². The Kier molecular flexibility index (Phi) is 8.61. The van der Waals surface area contributed by atoms with Gasteiger partial charge in [0.2, 0.25) is 0 Å². The average molecular weight is 504 g/mol. The first-order valence-corrected chi connectivity index (χ1v) is 11.5. The van der Waals surface area contributed by atoms with Crippen LogP contribution in [0.3, 0.4) is 0 Å². The van der Waals surface area contributed by atoms with Gasteiger partial charge in [-0.3, -0.25) is 9.78 Å². The van der Waals surface area contributed by atoms with Crippen molar-refractivity contribution in [3.8, 4) is 0 Å². The second kappa shape index (κ2) is 11.0. The standard InChI is InChI=1S/C23H26Cl2F3N3O2/c1-14(6-9-30-22(33)20-18(24)12-29-13-19(20)25)31-10-7-16(8-11-31)21(32)15-2-4-17(5-3-15)23(26,27)28/h2-5,12-14,16,21,32H,6-11H2,1H3,(H,30,33). The van der Waals surface area contributed by atoms with Gasteiger partial charge in [0.15, 0.2) is 0 Å². The maximum atomic E-state index is 12.7. The molecule has 1 aromatic carbocycles. The molecule has 1 aliphatic rings. The van der Waals surface area contributed by atoms with E-state index in [2.05, 4.69) is 22.1 Å². The minimum atomic E-state index is -4.39. The molecule has 1 aromatic heterocycles. The van der Waals surface area contributed by atoms with Crippen LogP contribution in [-0.4, -0.2) is 46.6 Å². The van der Waals surface area contributed by atoms with E-state index in [1.54, 1.807) is 0 Å². The van der Waals surface area contributed by atoms with Gasteiger partial charge in [-0.15, -0.1) is 0 Å². The number of hydrogen-bond donors (Lipinski definition) is 2. The number of halogens is 5. The summed E-state index contributed by atoms with van der Waals surface area (Å²) in [5.41, 5.74) is -0.00708. The van der Waals surface area contributed by atoms with Crippen LogP contribution in [0.25, 0.3) is 0 Å². The number of carbonyl (C=O) groups is 1. The van der Waals surface area contributed by atoms with E-state index in [4.69, 9.17) is 23.2 Å². The number of pyridine rings is 1. The summed E-state index contributed by atoms with van der Waals surface area (Å²) in [6, 6.07) is 4.93. The lowest BCUT2D eigenvalue weighted by Crippen LogP contribution is -2.42. The summed E-state index contributed by atoms with van der Waals surface area (Å²) in [7, 11) is 0. The summed E-state index contributed by atoms with van der Waals surface area (Å²) in [5.74, 6) is -0.362. The Labute approximate surface area is 200 Å². The first-order valence-electron chi connectivity index (χ1n) is 10.7. The van der Waals surface area contributed by atoms with E-state index in [9.17, 15) is 23.1 Å². The number of alkyl halides is 3. The van der Waals surface area contributed by atoms with Crippen LogP contribution in [0.5, 0.6) is 0 Å². The largest absolute Gasteiger partial charge is 0.416 e. The van der Waals surface area contributed by atoms with Crippen molar-refractivity contribution in [2.75, 3.05) is 19.6 Å². The number of likely N-dealkylation sites (tertiary alicyclic amines) is 1. The van der Waals surface area contributed by atoms with Gasteiger partial charge in [0.1, 0.15) is 0 Å². The van der Waals surface area contributed by atoms with Crippen molar-refractivity contribution in [2.24, 2.45) is 5.92 Å². The van der Waals surface area contributed by atoms with Crippen LogP contribution in [0.15, 0.2) is 36.7 Å². The van der Waals surface area contributed by atoms with Gasteiger partial charge in [-0.1, -0.05) is 35.3 Å². The fourth-order valence-corrected chi connectivity index (χ4v) is 4.65. The third-order valence-electron chi connectivity index (χ3n) is 6.15. The minimum absolute atomic E-state index is 0.0131. The van der Waals surface area contributed by atoms with E-state index in [1.807, 2.05) is 0 Å². The van der Waals surface area contributed by atoms with Crippen molar-refractivity contribution in [2.45, 2.75) is 44.5 Å². The minimum Gasteiger partial charge on any atom is -0.388 e. The molecule has 2 heterocycles. The molecule has 2 aromatic rings. The SMILES string of the molecule is CC(CCNC(=O)c1c(Cl)cncc1Cl)N1CCC(C(O)c2ccc(C(F)(F)F)cc2)CC1. The van der Waals surface area contributed by atoms with Crippen molar-refractivity contribution < 1.29 is 23.1 Å². The Balaban J connectivity index is 1.45. The lowest BCUT2D eigenvalue weighted by molar-refractivity contribution is -0.137. The van der Waals surface area contributed by atoms with Crippen LogP contribution in [0.4, 0.5) is 13.2 Å². The molecule has 180 valence electrons. The third kappa shape index (κ3) is 6.59. The topological polar surface area (TPSA) is 65.5 Å². The van der Waals surface area contributed by atoms with Crippen LogP contribution in [0.1, 0.15) is 53.8 Å². The summed E-state index contributed by atoms with van der Waals surface area (Å²) >= 11 is 12.0. The van der Waals surface area contributed by atoms with E-state index >= 15 is 0 Å². The van der Waals surface area contributed by atoms with E-state index in [-0.39, 0.29) is 33.5 Å². The second-order valence-corrected chi connectivity index (χ2v) is 9.12. The number of rotatable bonds is 7. The van der Waals surface area contributed by atoms with Crippen molar-refractivity contribution in [1.82, 2.24) is 15.2 Å². The molecule has 2 atom stereocenters. The van der Waals surface area contributed by atoms with E-state index < -0.39 is 17.8 Å². The van der Waals surface area contributed by atoms with Gasteiger partial charge in [0.05, 0.1) is 27.3 Å². The molecule has 1 amide bonds. The fourth-order valence-electron chi connectivity index (χ4n) is 4.11. The number of aliphatic hydroxyl groups excluding tert-OH is 1. The second-order valence-electron chi connectivity index (χ2n) is 8.31. The zero-order chi connectivity index (χ0) is 24.2. The van der Waals surface area contributed by atoms with Crippen molar-refractivity contribution in [3.63, 3.8) is 0 Å². The highest BCUT2D eigenvalue weighted by Crippen LogP contribution is 2.34. The lowest BCUT2D eigenvalue weighted by atomic mass is 9.86. The molecule has 0 radical (unpaired) electrons. The van der Waals surface area contributed by atoms with Gasteiger partial charge in [0, 0.05) is 25.0 Å². The average Bonchev–Trinajstić information content (AvgIpc) is 2.78. The maximum absolute atomic E-state index is 12.7. The van der Waals surface area contributed by atoms with Gasteiger partial charge in [0.25, 0.3) is 5.91 Å². The number of piperidine rings is 1. The van der Waals surface area contributed by atoms with Crippen molar-refractivity contribution in [1.29, 1.82) is 0 Å². The van der Waals surface area contributed by atoms with Gasteiger partial charge >= 0.3 is 6.18 Å². The highest BCUT2D eigenvalue weighted by atomic mass is 35.5. The predicted octanol–water partition coefficient (Wildman–Crippen LogP) is 5.36. The summed E-state index contributed by atoms with van der Waals surface area (Å²) in [5, 5.41) is 13.9. The molecule has 1 fully saturated rings. The van der Waals surface area contributed by atoms with Crippen LogP contribution < -0.4 is 5.32 Å². The van der Waals surface area contributed by atoms with Crippen LogP contribution in [0.2, 0.25) is 10.0 Å². The highest BCUT2D eigenvalue weighted by molar-refractivity contribution is 6.39. The Morgan fingerprint density at radius 3 is 2.30 bits per heavy atom. The normalized spacial score (nSPS) is 17.5. The van der Waals surface area contributed by atoms with Crippen LogP contribution in [-0.2, 0) is 6.18 Å². The number of aliphatic hydroxyl groups is 1. The molecule has 33 heavy (non-hydrogen) atoms. The molecule has 0 aliphatic carbocycles. The highest BCUT2D eigenvalue weighted by Gasteiger charge is 2.32. The third-order valence-corrected chi connectivity index (χ3v) is 6.72. The molecule has 10 heteroatoms. The number of aromatic nitrogens is 1. The Hall–Kier alpha value is -1.87. The summed E-state index contributed by atoms with van der Waals surface area (Å²) < 4.78 is 38.2. The first kappa shape index (κ1) is 25.7. The van der Waals surface area contributed by atoms with E-state index in [0.717, 1.165) is 44.5 Å². The molecular weight excluding hydrogens is 478 g/mol.